The first kappa shape index (κ1) is 27.4. The number of hydrogen-bond donors (Lipinski definition) is 5. The quantitative estimate of drug-likeness (QED) is 0.245. The van der Waals surface area contributed by atoms with Crippen LogP contribution >= 0.6 is 0 Å². The van der Waals surface area contributed by atoms with Gasteiger partial charge in [-0.1, -0.05) is 30.3 Å². The molecule has 1 aromatic heterocycles. The van der Waals surface area contributed by atoms with E-state index < -0.39 is 30.1 Å². The fraction of sp³-hybridized carbons (Fsp3) is 0.226. The minimum atomic E-state index is -1.10. The molecule has 10 heteroatoms. The highest BCUT2D eigenvalue weighted by molar-refractivity contribution is 5.90. The van der Waals surface area contributed by atoms with E-state index in [4.69, 9.17) is 4.74 Å². The van der Waals surface area contributed by atoms with Gasteiger partial charge in [0.25, 0.3) is 5.56 Å². The molecule has 2 aliphatic rings. The lowest BCUT2D eigenvalue weighted by molar-refractivity contribution is -0.137. The Balaban J connectivity index is 1.60. The Morgan fingerprint density at radius 3 is 2.54 bits per heavy atom. The first-order valence-electron chi connectivity index (χ1n) is 13.2. The number of H-pyrrole nitrogens is 1. The van der Waals surface area contributed by atoms with Crippen LogP contribution < -0.4 is 21.5 Å². The zero-order chi connectivity index (χ0) is 29.1. The number of aromatic amines is 1. The molecule has 0 saturated heterocycles. The van der Waals surface area contributed by atoms with Gasteiger partial charge in [-0.3, -0.25) is 19.7 Å². The second-order valence-corrected chi connectivity index (χ2v) is 10.1. The number of rotatable bonds is 4. The van der Waals surface area contributed by atoms with Crippen molar-refractivity contribution in [1.82, 2.24) is 10.3 Å². The zero-order valence-corrected chi connectivity index (χ0v) is 22.6. The van der Waals surface area contributed by atoms with Crippen LogP contribution in [-0.4, -0.2) is 34.7 Å². The lowest BCUT2D eigenvalue weighted by atomic mass is 9.93. The van der Waals surface area contributed by atoms with Gasteiger partial charge in [0, 0.05) is 29.4 Å². The number of amides is 2. The number of carboxylic acids is 1. The van der Waals surface area contributed by atoms with Crippen molar-refractivity contribution in [1.29, 1.82) is 0 Å². The van der Waals surface area contributed by atoms with Gasteiger partial charge in [-0.15, -0.1) is 0 Å². The normalized spacial score (nSPS) is 17.4. The van der Waals surface area contributed by atoms with E-state index in [2.05, 4.69) is 20.9 Å². The first-order valence-corrected chi connectivity index (χ1v) is 13.2. The van der Waals surface area contributed by atoms with Crippen molar-refractivity contribution in [2.45, 2.75) is 38.8 Å². The van der Waals surface area contributed by atoms with Gasteiger partial charge in [0.2, 0.25) is 5.91 Å². The number of aliphatic carboxylic acids is 1. The molecule has 0 aliphatic carbocycles. The summed E-state index contributed by atoms with van der Waals surface area (Å²) in [6, 6.07) is 15.7. The summed E-state index contributed by atoms with van der Waals surface area (Å²) >= 11 is 0. The summed E-state index contributed by atoms with van der Waals surface area (Å²) in [5.74, 6) is -1.55. The largest absolute Gasteiger partial charge is 0.481 e. The summed E-state index contributed by atoms with van der Waals surface area (Å²) in [6.07, 6.45) is 1.06. The van der Waals surface area contributed by atoms with Gasteiger partial charge >= 0.3 is 12.1 Å². The number of nitrogens with one attached hydrogen (secondary N) is 4. The molecule has 6 rings (SSSR count). The van der Waals surface area contributed by atoms with Crippen LogP contribution in [0.3, 0.4) is 0 Å². The maximum atomic E-state index is 14.0. The molecule has 0 radical (unpaired) electrons. The van der Waals surface area contributed by atoms with E-state index in [1.165, 1.54) is 0 Å². The number of hydrogen-bond acceptors (Lipinski definition) is 6. The highest BCUT2D eigenvalue weighted by atomic mass is 16.5. The van der Waals surface area contributed by atoms with Gasteiger partial charge in [-0.05, 0) is 77.4 Å². The van der Waals surface area contributed by atoms with Crippen molar-refractivity contribution in [3.63, 3.8) is 0 Å². The predicted octanol–water partition coefficient (Wildman–Crippen LogP) is 4.73. The zero-order valence-electron chi connectivity index (χ0n) is 22.6. The maximum absolute atomic E-state index is 14.0. The van der Waals surface area contributed by atoms with Gasteiger partial charge in [-0.25, -0.2) is 4.79 Å². The van der Waals surface area contributed by atoms with Crippen molar-refractivity contribution in [2.75, 3.05) is 17.2 Å². The van der Waals surface area contributed by atoms with Gasteiger partial charge in [-0.2, -0.15) is 0 Å². The third-order valence-electron chi connectivity index (χ3n) is 7.22. The molecule has 3 aromatic carbocycles. The Labute approximate surface area is 235 Å². The van der Waals surface area contributed by atoms with E-state index in [0.29, 0.717) is 34.3 Å². The van der Waals surface area contributed by atoms with Crippen LogP contribution in [-0.2, 0) is 20.7 Å². The molecule has 2 amide bonds. The Morgan fingerprint density at radius 2 is 1.78 bits per heavy atom. The molecule has 5 N–H and O–H groups in total. The lowest BCUT2D eigenvalue weighted by Gasteiger charge is -2.26. The van der Waals surface area contributed by atoms with Crippen LogP contribution in [0.4, 0.5) is 16.2 Å². The standard InChI is InChI=1S/C31H30N4O6/c1-17-12-21-13-18(2)24(17)9-11-41-31(40)34-22-5-3-4-20(14-22)26(16-27(36)37)35-30(39)28(21)33-23-7-6-19-8-10-32-29(38)25(19)15-23/h3-8,10,12-15,26,28,33H,9,11,16H2,1-2H3,(H,32,38)(H,34,40)(H,35,39)(H,36,37)/t26?,28-/m1/s1. The fourth-order valence-electron chi connectivity index (χ4n) is 5.24. The van der Waals surface area contributed by atoms with Gasteiger partial charge in [0.1, 0.15) is 6.04 Å². The van der Waals surface area contributed by atoms with E-state index in [0.717, 1.165) is 22.1 Å². The average Bonchev–Trinajstić information content (AvgIpc) is 2.92. The van der Waals surface area contributed by atoms with Gasteiger partial charge in [0.05, 0.1) is 19.1 Å². The molecule has 1 unspecified atom stereocenters. The van der Waals surface area contributed by atoms with Crippen LogP contribution in [0.5, 0.6) is 0 Å². The fourth-order valence-corrected chi connectivity index (χ4v) is 5.24. The number of carbonyl (C=O) groups excluding carboxylic acids is 2. The van der Waals surface area contributed by atoms with E-state index in [1.54, 1.807) is 54.7 Å². The van der Waals surface area contributed by atoms with Crippen LogP contribution in [0.25, 0.3) is 10.8 Å². The molecule has 3 heterocycles. The molecular weight excluding hydrogens is 524 g/mol. The number of aryl methyl sites for hydroxylation is 2. The summed E-state index contributed by atoms with van der Waals surface area (Å²) in [6.45, 7) is 4.01. The highest BCUT2D eigenvalue weighted by Crippen LogP contribution is 2.29. The third kappa shape index (κ3) is 6.22. The van der Waals surface area contributed by atoms with Crippen LogP contribution in [0.15, 0.2) is 71.7 Å². The first-order chi connectivity index (χ1) is 19.7. The molecule has 0 spiro atoms. The molecule has 41 heavy (non-hydrogen) atoms. The monoisotopic (exact) mass is 554 g/mol. The molecular formula is C31H30N4O6. The van der Waals surface area contributed by atoms with Crippen molar-refractivity contribution in [3.8, 4) is 0 Å². The number of benzene rings is 3. The predicted molar refractivity (Wildman–Crippen MR) is 155 cm³/mol. The Hall–Kier alpha value is -5.12. The summed E-state index contributed by atoms with van der Waals surface area (Å²) in [5, 5.41) is 19.7. The van der Waals surface area contributed by atoms with Crippen LogP contribution in [0.1, 0.15) is 46.3 Å². The molecule has 2 aliphatic heterocycles. The smallest absolute Gasteiger partial charge is 0.411 e. The van der Waals surface area contributed by atoms with Crippen molar-refractivity contribution in [2.24, 2.45) is 0 Å². The molecule has 4 bridgehead atoms. The molecule has 4 aromatic rings. The molecule has 210 valence electrons. The Kier molecular flexibility index (Phi) is 7.73. The van der Waals surface area contributed by atoms with E-state index in [1.807, 2.05) is 26.0 Å². The average molecular weight is 555 g/mol. The molecule has 10 nitrogen and oxygen atoms in total. The highest BCUT2D eigenvalue weighted by Gasteiger charge is 2.27. The number of anilines is 2. The number of aromatic nitrogens is 1. The molecule has 2 atom stereocenters. The number of carboxylic acid groups (broad SMARTS) is 1. The number of fused-ring (bicyclic) bond motifs is 10. The van der Waals surface area contributed by atoms with Gasteiger partial charge in [0.15, 0.2) is 0 Å². The number of carbonyl (C=O) groups is 3. The summed E-state index contributed by atoms with van der Waals surface area (Å²) < 4.78 is 5.40. The van der Waals surface area contributed by atoms with E-state index in [9.17, 15) is 24.3 Å². The summed E-state index contributed by atoms with van der Waals surface area (Å²) in [5.41, 5.74) is 4.71. The van der Waals surface area contributed by atoms with E-state index in [-0.39, 0.29) is 18.6 Å². The molecule has 0 saturated carbocycles. The lowest BCUT2D eigenvalue weighted by Crippen LogP contribution is -2.37. The number of pyridine rings is 1. The SMILES string of the molecule is Cc1cc2cc(C)c1CCOC(=O)Nc1cccc(c1)C(CC(=O)O)NC(=O)[C@@H]2Nc1ccc2cc[nH]c(=O)c2c1. The topological polar surface area (TPSA) is 150 Å². The Morgan fingerprint density at radius 1 is 1.00 bits per heavy atom. The van der Waals surface area contributed by atoms with Crippen molar-refractivity contribution in [3.05, 3.63) is 105 Å². The second-order valence-electron chi connectivity index (χ2n) is 10.1. The van der Waals surface area contributed by atoms with Crippen molar-refractivity contribution >= 4 is 40.1 Å². The molecule has 0 fully saturated rings. The second kappa shape index (κ2) is 11.5. The van der Waals surface area contributed by atoms with Crippen molar-refractivity contribution < 1.29 is 24.2 Å². The van der Waals surface area contributed by atoms with Crippen LogP contribution in [0.2, 0.25) is 0 Å². The van der Waals surface area contributed by atoms with Gasteiger partial charge < -0.3 is 25.5 Å². The van der Waals surface area contributed by atoms with E-state index >= 15 is 0 Å². The third-order valence-corrected chi connectivity index (χ3v) is 7.22. The van der Waals surface area contributed by atoms with Crippen LogP contribution in [0, 0.1) is 13.8 Å². The summed E-state index contributed by atoms with van der Waals surface area (Å²) in [4.78, 5) is 53.3. The Bertz CT molecular complexity index is 1690. The summed E-state index contributed by atoms with van der Waals surface area (Å²) in [7, 11) is 0. The minimum Gasteiger partial charge on any atom is -0.481 e. The number of ether oxygens (including phenoxy) is 1. The minimum absolute atomic E-state index is 0.155. The maximum Gasteiger partial charge on any atom is 0.411 e.